The zero-order valence-electron chi connectivity index (χ0n) is 15.8. The molecular formula is C19H25N3O4S2. The summed E-state index contributed by atoms with van der Waals surface area (Å²) in [7, 11) is -1.54. The molecule has 1 atom stereocenters. The maximum Gasteiger partial charge on any atom is 0.240 e. The van der Waals surface area contributed by atoms with Crippen LogP contribution in [0.15, 0.2) is 39.9 Å². The molecule has 0 bridgehead atoms. The van der Waals surface area contributed by atoms with Crippen LogP contribution in [0.1, 0.15) is 11.6 Å². The van der Waals surface area contributed by atoms with E-state index in [4.69, 9.17) is 9.47 Å². The largest absolute Gasteiger partial charge is 0.486 e. The van der Waals surface area contributed by atoms with E-state index >= 15 is 0 Å². The van der Waals surface area contributed by atoms with Crippen LogP contribution in [0, 0.1) is 0 Å². The first-order valence-corrected chi connectivity index (χ1v) is 11.8. The van der Waals surface area contributed by atoms with Gasteiger partial charge in [0.1, 0.15) is 13.2 Å². The van der Waals surface area contributed by atoms with Crippen LogP contribution in [0.5, 0.6) is 11.5 Å². The summed E-state index contributed by atoms with van der Waals surface area (Å²) in [5.74, 6) is 1.06. The predicted molar refractivity (Wildman–Crippen MR) is 109 cm³/mol. The van der Waals surface area contributed by atoms with Gasteiger partial charge in [0, 0.05) is 44.8 Å². The van der Waals surface area contributed by atoms with Crippen LogP contribution in [0.4, 0.5) is 0 Å². The molecule has 2 aliphatic rings. The van der Waals surface area contributed by atoms with E-state index in [0.717, 1.165) is 31.7 Å². The number of fused-ring (bicyclic) bond motifs is 1. The van der Waals surface area contributed by atoms with Gasteiger partial charge in [0.05, 0.1) is 4.90 Å². The second kappa shape index (κ2) is 8.38. The van der Waals surface area contributed by atoms with Gasteiger partial charge in [0.2, 0.25) is 10.0 Å². The van der Waals surface area contributed by atoms with E-state index in [1.165, 1.54) is 6.07 Å². The molecule has 152 valence electrons. The molecule has 1 N–H and O–H groups in total. The Morgan fingerprint density at radius 3 is 2.57 bits per heavy atom. The second-order valence-corrected chi connectivity index (χ2v) is 9.62. The molecule has 0 amide bonds. The van der Waals surface area contributed by atoms with Crippen molar-refractivity contribution in [1.29, 1.82) is 0 Å². The smallest absolute Gasteiger partial charge is 0.240 e. The molecule has 0 unspecified atom stereocenters. The summed E-state index contributed by atoms with van der Waals surface area (Å²) in [4.78, 5) is 4.84. The minimum atomic E-state index is -3.65. The van der Waals surface area contributed by atoms with Crippen molar-refractivity contribution in [3.05, 3.63) is 40.6 Å². The zero-order chi connectivity index (χ0) is 19.6. The summed E-state index contributed by atoms with van der Waals surface area (Å²) >= 11 is 1.63. The maximum atomic E-state index is 12.9. The number of piperazine rings is 1. The first-order valence-electron chi connectivity index (χ1n) is 9.37. The van der Waals surface area contributed by atoms with Gasteiger partial charge in [-0.2, -0.15) is 11.3 Å². The molecule has 0 spiro atoms. The second-order valence-electron chi connectivity index (χ2n) is 7.07. The molecule has 7 nitrogen and oxygen atoms in total. The normalized spacial score (nSPS) is 19.5. The molecule has 9 heteroatoms. The van der Waals surface area contributed by atoms with Crippen molar-refractivity contribution in [1.82, 2.24) is 14.5 Å². The average Bonchev–Trinajstić information content (AvgIpc) is 3.23. The van der Waals surface area contributed by atoms with Crippen LogP contribution in [-0.2, 0) is 10.0 Å². The molecule has 2 aromatic rings. The number of hydrogen-bond acceptors (Lipinski definition) is 7. The van der Waals surface area contributed by atoms with Gasteiger partial charge in [-0.05, 0) is 41.6 Å². The van der Waals surface area contributed by atoms with E-state index in [2.05, 4.69) is 33.0 Å². The summed E-state index contributed by atoms with van der Waals surface area (Å²) in [5, 5.41) is 4.13. The molecule has 1 saturated heterocycles. The zero-order valence-corrected chi connectivity index (χ0v) is 17.5. The van der Waals surface area contributed by atoms with Crippen LogP contribution in [-0.4, -0.2) is 71.2 Å². The molecule has 0 radical (unpaired) electrons. The van der Waals surface area contributed by atoms with E-state index in [9.17, 15) is 8.42 Å². The van der Waals surface area contributed by atoms with Crippen molar-refractivity contribution in [3.63, 3.8) is 0 Å². The third-order valence-corrected chi connectivity index (χ3v) is 7.32. The lowest BCUT2D eigenvalue weighted by Crippen LogP contribution is -2.48. The van der Waals surface area contributed by atoms with Gasteiger partial charge >= 0.3 is 0 Å². The molecule has 3 heterocycles. The number of nitrogens with zero attached hydrogens (tertiary/aromatic N) is 2. The SMILES string of the molecule is CN1CCN([C@H](CNS(=O)(=O)c2ccc3c(c2)OCCO3)c2ccsc2)CC1. The van der Waals surface area contributed by atoms with Crippen LogP contribution >= 0.6 is 11.3 Å². The summed E-state index contributed by atoms with van der Waals surface area (Å²) in [5.41, 5.74) is 1.15. The van der Waals surface area contributed by atoms with Crippen molar-refractivity contribution >= 4 is 21.4 Å². The van der Waals surface area contributed by atoms with Gasteiger partial charge in [-0.1, -0.05) is 0 Å². The number of sulfonamides is 1. The minimum Gasteiger partial charge on any atom is -0.486 e. The summed E-state index contributed by atoms with van der Waals surface area (Å²) < 4.78 is 39.6. The average molecular weight is 424 g/mol. The summed E-state index contributed by atoms with van der Waals surface area (Å²) in [6, 6.07) is 6.84. The molecule has 2 aliphatic heterocycles. The number of hydrogen-bond donors (Lipinski definition) is 1. The Hall–Kier alpha value is -1.65. The molecule has 1 aromatic carbocycles. The fourth-order valence-corrected chi connectivity index (χ4v) is 5.28. The number of likely N-dealkylation sites (N-methyl/N-ethyl adjacent to an activating group) is 1. The highest BCUT2D eigenvalue weighted by atomic mass is 32.2. The van der Waals surface area contributed by atoms with E-state index < -0.39 is 10.0 Å². The third-order valence-electron chi connectivity index (χ3n) is 5.20. The Kier molecular flexibility index (Phi) is 5.88. The van der Waals surface area contributed by atoms with Crippen molar-refractivity contribution in [2.24, 2.45) is 0 Å². The Morgan fingerprint density at radius 1 is 1.11 bits per heavy atom. The van der Waals surface area contributed by atoms with Gasteiger partial charge < -0.3 is 14.4 Å². The van der Waals surface area contributed by atoms with Crippen molar-refractivity contribution < 1.29 is 17.9 Å². The molecule has 1 aromatic heterocycles. The molecular weight excluding hydrogens is 398 g/mol. The van der Waals surface area contributed by atoms with Crippen LogP contribution in [0.3, 0.4) is 0 Å². The topological polar surface area (TPSA) is 71.1 Å². The first kappa shape index (κ1) is 19.7. The number of nitrogens with one attached hydrogen (secondary N) is 1. The molecule has 4 rings (SSSR count). The number of rotatable bonds is 6. The fraction of sp³-hybridized carbons (Fsp3) is 0.474. The number of benzene rings is 1. The Morgan fingerprint density at radius 2 is 1.86 bits per heavy atom. The lowest BCUT2D eigenvalue weighted by molar-refractivity contribution is 0.113. The minimum absolute atomic E-state index is 0.0203. The summed E-state index contributed by atoms with van der Waals surface area (Å²) in [6.45, 7) is 5.03. The van der Waals surface area contributed by atoms with E-state index in [1.54, 1.807) is 23.5 Å². The molecule has 0 saturated carbocycles. The predicted octanol–water partition coefficient (Wildman–Crippen LogP) is 1.79. The highest BCUT2D eigenvalue weighted by Gasteiger charge is 2.27. The fourth-order valence-electron chi connectivity index (χ4n) is 3.52. The van der Waals surface area contributed by atoms with E-state index in [-0.39, 0.29) is 10.9 Å². The van der Waals surface area contributed by atoms with Crippen LogP contribution in [0.2, 0.25) is 0 Å². The van der Waals surface area contributed by atoms with Gasteiger partial charge in [-0.25, -0.2) is 13.1 Å². The van der Waals surface area contributed by atoms with Crippen LogP contribution < -0.4 is 14.2 Å². The highest BCUT2D eigenvalue weighted by Crippen LogP contribution is 2.32. The quantitative estimate of drug-likeness (QED) is 0.764. The van der Waals surface area contributed by atoms with Crippen molar-refractivity contribution in [3.8, 4) is 11.5 Å². The Balaban J connectivity index is 1.50. The van der Waals surface area contributed by atoms with Gasteiger partial charge in [0.15, 0.2) is 11.5 Å². The van der Waals surface area contributed by atoms with Crippen molar-refractivity contribution in [2.75, 3.05) is 53.0 Å². The van der Waals surface area contributed by atoms with Gasteiger partial charge in [0.25, 0.3) is 0 Å². The number of thiophene rings is 1. The van der Waals surface area contributed by atoms with Gasteiger partial charge in [-0.15, -0.1) is 0 Å². The highest BCUT2D eigenvalue weighted by molar-refractivity contribution is 7.89. The molecule has 0 aliphatic carbocycles. The molecule has 1 fully saturated rings. The maximum absolute atomic E-state index is 12.9. The first-order chi connectivity index (χ1) is 13.5. The van der Waals surface area contributed by atoms with Crippen molar-refractivity contribution in [2.45, 2.75) is 10.9 Å². The standard InChI is InChI=1S/C19H25N3O4S2/c1-21-5-7-22(8-6-21)17(15-4-11-27-14-15)13-20-28(23,24)16-2-3-18-19(12-16)26-10-9-25-18/h2-4,11-12,14,17,20H,5-10,13H2,1H3/t17-/m1/s1. The molecule has 28 heavy (non-hydrogen) atoms. The lowest BCUT2D eigenvalue weighted by Gasteiger charge is -2.37. The monoisotopic (exact) mass is 423 g/mol. The van der Waals surface area contributed by atoms with E-state index in [1.807, 2.05) is 5.38 Å². The Bertz CT molecular complexity index is 894. The van der Waals surface area contributed by atoms with Gasteiger partial charge in [-0.3, -0.25) is 4.90 Å². The summed E-state index contributed by atoms with van der Waals surface area (Å²) in [6.07, 6.45) is 0. The Labute approximate surface area is 169 Å². The number of ether oxygens (including phenoxy) is 2. The van der Waals surface area contributed by atoms with Crippen LogP contribution in [0.25, 0.3) is 0 Å². The third kappa shape index (κ3) is 4.33. The van der Waals surface area contributed by atoms with E-state index in [0.29, 0.717) is 31.3 Å². The lowest BCUT2D eigenvalue weighted by atomic mass is 10.1.